The third-order valence-corrected chi connectivity index (χ3v) is 7.57. The maximum atomic E-state index is 10.9. The molecule has 122 valence electrons. The molecule has 8 atom stereocenters. The molecule has 1 unspecified atom stereocenters. The van der Waals surface area contributed by atoms with Crippen LogP contribution in [-0.4, -0.2) is 28.5 Å². The lowest BCUT2D eigenvalue weighted by atomic mass is 9.49. The summed E-state index contributed by atoms with van der Waals surface area (Å²) in [5, 5.41) is 21.4. The highest BCUT2D eigenvalue weighted by molar-refractivity contribution is 5.35. The Balaban J connectivity index is 1.78. The van der Waals surface area contributed by atoms with Crippen LogP contribution in [0.1, 0.15) is 46.0 Å². The fourth-order valence-electron chi connectivity index (χ4n) is 6.08. The molecule has 4 N–H and O–H groups in total. The van der Waals surface area contributed by atoms with Crippen molar-refractivity contribution in [3.8, 4) is 0 Å². The second-order valence-corrected chi connectivity index (χ2v) is 8.64. The molecule has 2 saturated carbocycles. The Morgan fingerprint density at radius 3 is 2.73 bits per heavy atom. The molecule has 0 aromatic carbocycles. The molecule has 0 aromatic rings. The molecular weight excluding hydrogens is 274 g/mol. The minimum Gasteiger partial charge on any atom is -0.393 e. The van der Waals surface area contributed by atoms with Crippen molar-refractivity contribution in [1.29, 1.82) is 0 Å². The molecule has 3 heteroatoms. The van der Waals surface area contributed by atoms with Gasteiger partial charge in [0.2, 0.25) is 0 Å². The Labute approximate surface area is 133 Å². The Kier molecular flexibility index (Phi) is 3.18. The van der Waals surface area contributed by atoms with Gasteiger partial charge in [0.1, 0.15) is 0 Å². The minimum atomic E-state index is -0.280. The van der Waals surface area contributed by atoms with Crippen LogP contribution in [0.5, 0.6) is 0 Å². The summed E-state index contributed by atoms with van der Waals surface area (Å²) in [6, 6.07) is 0.129. The van der Waals surface area contributed by atoms with Crippen molar-refractivity contribution >= 4 is 0 Å². The molecule has 4 rings (SSSR count). The van der Waals surface area contributed by atoms with Crippen molar-refractivity contribution in [2.75, 3.05) is 0 Å². The van der Waals surface area contributed by atoms with Crippen molar-refractivity contribution in [2.24, 2.45) is 34.3 Å². The van der Waals surface area contributed by atoms with Gasteiger partial charge >= 0.3 is 0 Å². The van der Waals surface area contributed by atoms with Gasteiger partial charge in [-0.2, -0.15) is 0 Å². The standard InChI is InChI=1S/C19H29NO2/c1-18-7-5-12(20)9-11(18)10-15(21)17-13-3-4-16(22)19(13,2)8-6-14(17)18/h5-7,11-13,15-17,21-22H,3-4,8-10,20H2,1-2H3/t11?,12-,13-,15-,16-,17-,18-,19-/m0/s1. The van der Waals surface area contributed by atoms with Gasteiger partial charge in [0.05, 0.1) is 12.2 Å². The monoisotopic (exact) mass is 303 g/mol. The Bertz CT molecular complexity index is 542. The first-order valence-electron chi connectivity index (χ1n) is 8.88. The third kappa shape index (κ3) is 1.79. The van der Waals surface area contributed by atoms with Crippen molar-refractivity contribution in [2.45, 2.75) is 64.2 Å². The first kappa shape index (κ1) is 14.9. The zero-order chi connectivity index (χ0) is 15.7. The molecule has 0 saturated heterocycles. The highest BCUT2D eigenvalue weighted by Gasteiger charge is 2.58. The van der Waals surface area contributed by atoms with E-state index in [-0.39, 0.29) is 35.0 Å². The van der Waals surface area contributed by atoms with E-state index < -0.39 is 0 Å². The van der Waals surface area contributed by atoms with E-state index in [1.54, 1.807) is 0 Å². The number of fused-ring (bicyclic) bond motifs is 5. The number of allylic oxidation sites excluding steroid dienone is 2. The molecule has 3 nitrogen and oxygen atoms in total. The van der Waals surface area contributed by atoms with Gasteiger partial charge in [-0.05, 0) is 43.9 Å². The second-order valence-electron chi connectivity index (χ2n) is 8.64. The average molecular weight is 303 g/mol. The first-order valence-corrected chi connectivity index (χ1v) is 8.88. The van der Waals surface area contributed by atoms with Crippen LogP contribution in [0.15, 0.2) is 23.8 Å². The first-order chi connectivity index (χ1) is 10.4. The molecule has 0 radical (unpaired) electrons. The normalized spacial score (nSPS) is 56.9. The van der Waals surface area contributed by atoms with Crippen molar-refractivity contribution in [1.82, 2.24) is 0 Å². The molecule has 0 amide bonds. The van der Waals surface area contributed by atoms with E-state index in [1.807, 2.05) is 0 Å². The van der Waals surface area contributed by atoms with Crippen molar-refractivity contribution in [3.05, 3.63) is 23.8 Å². The van der Waals surface area contributed by atoms with Crippen LogP contribution in [0.3, 0.4) is 0 Å². The van der Waals surface area contributed by atoms with E-state index in [4.69, 9.17) is 5.73 Å². The van der Waals surface area contributed by atoms with E-state index >= 15 is 0 Å². The molecule has 4 aliphatic rings. The summed E-state index contributed by atoms with van der Waals surface area (Å²) in [5.41, 5.74) is 7.55. The van der Waals surface area contributed by atoms with E-state index in [9.17, 15) is 10.2 Å². The summed E-state index contributed by atoms with van der Waals surface area (Å²) in [6.07, 6.45) is 11.0. The Hall–Kier alpha value is -0.640. The molecule has 2 fully saturated rings. The Morgan fingerprint density at radius 1 is 1.18 bits per heavy atom. The summed E-state index contributed by atoms with van der Waals surface area (Å²) in [4.78, 5) is 0. The summed E-state index contributed by atoms with van der Waals surface area (Å²) in [6.45, 7) is 4.55. The summed E-state index contributed by atoms with van der Waals surface area (Å²) < 4.78 is 0. The van der Waals surface area contributed by atoms with Crippen molar-refractivity contribution in [3.63, 3.8) is 0 Å². The largest absolute Gasteiger partial charge is 0.393 e. The lowest BCUT2D eigenvalue weighted by Crippen LogP contribution is -2.53. The SMILES string of the molecule is C[C@]12CC=C3[C@@H]([C@@H](O)CC4C[C@@H](N)C=C[C@]34C)[C@@H]1CC[C@@H]2O. The van der Waals surface area contributed by atoms with Gasteiger partial charge in [0.15, 0.2) is 0 Å². The Morgan fingerprint density at radius 2 is 1.95 bits per heavy atom. The van der Waals surface area contributed by atoms with Crippen LogP contribution in [0.4, 0.5) is 0 Å². The van der Waals surface area contributed by atoms with Crippen LogP contribution in [-0.2, 0) is 0 Å². The molecule has 0 heterocycles. The maximum Gasteiger partial charge on any atom is 0.0611 e. The molecular formula is C19H29NO2. The topological polar surface area (TPSA) is 66.5 Å². The van der Waals surface area contributed by atoms with E-state index in [0.29, 0.717) is 11.8 Å². The fourth-order valence-corrected chi connectivity index (χ4v) is 6.08. The van der Waals surface area contributed by atoms with Gasteiger partial charge in [-0.3, -0.25) is 0 Å². The highest BCUT2D eigenvalue weighted by Crippen LogP contribution is 2.62. The van der Waals surface area contributed by atoms with Gasteiger partial charge in [-0.25, -0.2) is 0 Å². The predicted molar refractivity (Wildman–Crippen MR) is 87.0 cm³/mol. The average Bonchev–Trinajstić information content (AvgIpc) is 2.77. The number of aliphatic hydroxyl groups excluding tert-OH is 2. The third-order valence-electron chi connectivity index (χ3n) is 7.57. The van der Waals surface area contributed by atoms with E-state index in [2.05, 4.69) is 32.1 Å². The van der Waals surface area contributed by atoms with Gasteiger partial charge in [-0.15, -0.1) is 0 Å². The van der Waals surface area contributed by atoms with E-state index in [1.165, 1.54) is 5.57 Å². The summed E-state index contributed by atoms with van der Waals surface area (Å²) in [5.74, 6) is 1.08. The number of hydrogen-bond acceptors (Lipinski definition) is 3. The molecule has 0 aromatic heterocycles. The zero-order valence-corrected chi connectivity index (χ0v) is 13.7. The van der Waals surface area contributed by atoms with Crippen LogP contribution >= 0.6 is 0 Å². The predicted octanol–water partition coefficient (Wildman–Crippen LogP) is 2.38. The van der Waals surface area contributed by atoms with Gasteiger partial charge in [-0.1, -0.05) is 37.6 Å². The lowest BCUT2D eigenvalue weighted by Gasteiger charge is -2.56. The maximum absolute atomic E-state index is 10.9. The molecule has 0 spiro atoms. The van der Waals surface area contributed by atoms with Gasteiger partial charge in [0, 0.05) is 22.8 Å². The molecule has 0 aliphatic heterocycles. The fraction of sp³-hybridized carbons (Fsp3) is 0.789. The molecule has 4 aliphatic carbocycles. The zero-order valence-electron chi connectivity index (χ0n) is 13.7. The minimum absolute atomic E-state index is 0.0485. The van der Waals surface area contributed by atoms with E-state index in [0.717, 1.165) is 32.1 Å². The molecule has 0 bridgehead atoms. The van der Waals surface area contributed by atoms with Crippen LogP contribution in [0.2, 0.25) is 0 Å². The van der Waals surface area contributed by atoms with Gasteiger partial charge < -0.3 is 15.9 Å². The number of hydrogen-bond donors (Lipinski definition) is 3. The van der Waals surface area contributed by atoms with Crippen LogP contribution in [0.25, 0.3) is 0 Å². The van der Waals surface area contributed by atoms with Crippen molar-refractivity contribution < 1.29 is 10.2 Å². The highest BCUT2D eigenvalue weighted by atomic mass is 16.3. The number of nitrogens with two attached hydrogens (primary N) is 1. The quantitative estimate of drug-likeness (QED) is 0.602. The smallest absolute Gasteiger partial charge is 0.0611 e. The van der Waals surface area contributed by atoms with Crippen LogP contribution in [0, 0.1) is 28.6 Å². The summed E-state index contributed by atoms with van der Waals surface area (Å²) >= 11 is 0. The number of aliphatic hydroxyl groups is 2. The second kappa shape index (κ2) is 4.68. The molecule has 22 heavy (non-hydrogen) atoms. The lowest BCUT2D eigenvalue weighted by molar-refractivity contribution is -0.0484. The summed E-state index contributed by atoms with van der Waals surface area (Å²) in [7, 11) is 0. The van der Waals surface area contributed by atoms with Gasteiger partial charge in [0.25, 0.3) is 0 Å². The van der Waals surface area contributed by atoms with Crippen LogP contribution < -0.4 is 5.73 Å². The number of rotatable bonds is 0.